The van der Waals surface area contributed by atoms with Gasteiger partial charge in [0, 0.05) is 44.9 Å². The topological polar surface area (TPSA) is 118 Å². The Morgan fingerprint density at radius 1 is 1.05 bits per heavy atom. The Labute approximate surface area is 217 Å². The van der Waals surface area contributed by atoms with Gasteiger partial charge in [0.2, 0.25) is 23.8 Å². The summed E-state index contributed by atoms with van der Waals surface area (Å²) < 4.78 is 34.8. The van der Waals surface area contributed by atoms with E-state index in [1.807, 2.05) is 4.90 Å². The summed E-state index contributed by atoms with van der Waals surface area (Å²) in [5, 5.41) is 3.25. The molecule has 0 bridgehead atoms. The third-order valence-electron chi connectivity index (χ3n) is 7.25. The van der Waals surface area contributed by atoms with E-state index < -0.39 is 12.2 Å². The van der Waals surface area contributed by atoms with E-state index in [2.05, 4.69) is 25.3 Å². The molecule has 4 heterocycles. The molecule has 1 N–H and O–H groups in total. The molecule has 1 atom stereocenters. The molecule has 11 nitrogen and oxygen atoms in total. The summed E-state index contributed by atoms with van der Waals surface area (Å²) in [7, 11) is 0. The molecule has 3 fully saturated rings. The first-order chi connectivity index (χ1) is 18.5. The van der Waals surface area contributed by atoms with Gasteiger partial charge < -0.3 is 19.9 Å². The molecule has 1 saturated carbocycles. The molecule has 2 aromatic heterocycles. The van der Waals surface area contributed by atoms with Crippen LogP contribution in [0.5, 0.6) is 0 Å². The quantitative estimate of drug-likeness (QED) is 0.516. The van der Waals surface area contributed by atoms with Gasteiger partial charge in [-0.25, -0.2) is 13.8 Å². The van der Waals surface area contributed by atoms with Crippen LogP contribution in [0.15, 0.2) is 24.3 Å². The van der Waals surface area contributed by atoms with Crippen molar-refractivity contribution in [1.82, 2.24) is 29.4 Å². The van der Waals surface area contributed by atoms with Crippen LogP contribution in [0.2, 0.25) is 0 Å². The fourth-order valence-corrected chi connectivity index (χ4v) is 5.25. The van der Waals surface area contributed by atoms with Crippen molar-refractivity contribution < 1.29 is 23.1 Å². The summed E-state index contributed by atoms with van der Waals surface area (Å²) in [5.41, 5.74) is 0.885. The Bertz CT molecular complexity index is 1350. The number of ether oxygens (including phenoxy) is 1. The van der Waals surface area contributed by atoms with Crippen molar-refractivity contribution in [2.45, 2.75) is 38.2 Å². The van der Waals surface area contributed by atoms with E-state index >= 15 is 0 Å². The maximum atomic E-state index is 14.0. The predicted molar refractivity (Wildman–Crippen MR) is 133 cm³/mol. The molecule has 1 amide bonds. The van der Waals surface area contributed by atoms with Gasteiger partial charge in [0.15, 0.2) is 5.82 Å². The third-order valence-corrected chi connectivity index (χ3v) is 7.25. The zero-order chi connectivity index (χ0) is 26.2. The van der Waals surface area contributed by atoms with E-state index in [9.17, 15) is 18.4 Å². The lowest BCUT2D eigenvalue weighted by atomic mass is 9.86. The third kappa shape index (κ3) is 4.77. The van der Waals surface area contributed by atoms with E-state index in [-0.39, 0.29) is 35.5 Å². The maximum absolute atomic E-state index is 14.0. The molecule has 0 radical (unpaired) electrons. The van der Waals surface area contributed by atoms with Crippen LogP contribution >= 0.6 is 0 Å². The molecule has 200 valence electrons. The summed E-state index contributed by atoms with van der Waals surface area (Å²) in [4.78, 5) is 46.0. The number of imidazole rings is 1. The number of ketones is 1. The molecule has 6 rings (SSSR count). The minimum atomic E-state index is -2.83. The largest absolute Gasteiger partial charge is 0.378 e. The average molecular weight is 527 g/mol. The summed E-state index contributed by atoms with van der Waals surface area (Å²) in [6, 6.07) is 6.74. The Kier molecular flexibility index (Phi) is 6.60. The Morgan fingerprint density at radius 2 is 1.82 bits per heavy atom. The highest BCUT2D eigenvalue weighted by atomic mass is 19.3. The van der Waals surface area contributed by atoms with Crippen LogP contribution in [0, 0.1) is 5.92 Å². The average Bonchev–Trinajstić information content (AvgIpc) is 3.31. The van der Waals surface area contributed by atoms with Gasteiger partial charge in [-0.05, 0) is 25.0 Å². The molecule has 1 unspecified atom stereocenters. The molecular formula is C25H28F2N8O3. The molecule has 3 aromatic rings. The van der Waals surface area contributed by atoms with Crippen molar-refractivity contribution in [2.24, 2.45) is 5.92 Å². The summed E-state index contributed by atoms with van der Waals surface area (Å²) in [6.07, 6.45) is -0.462. The number of anilines is 2. The van der Waals surface area contributed by atoms with Gasteiger partial charge in [-0.15, -0.1) is 0 Å². The van der Waals surface area contributed by atoms with Gasteiger partial charge in [-0.1, -0.05) is 12.1 Å². The molecule has 38 heavy (non-hydrogen) atoms. The van der Waals surface area contributed by atoms with Crippen molar-refractivity contribution in [2.75, 3.05) is 49.6 Å². The second-order valence-corrected chi connectivity index (χ2v) is 9.87. The molecule has 13 heteroatoms. The standard InChI is InChI=1S/C25H28F2N8O3/c26-20(27)21-29-18-6-1-2-7-19(18)35(21)25-31-23(30-24(32-25)33-8-10-38-11-9-33)28-16-13-34(14-16)22(37)15-4-3-5-17(36)12-15/h1-2,6-7,15-16,20H,3-5,8-14H2,(H,28,30,31,32). The lowest BCUT2D eigenvalue weighted by molar-refractivity contribution is -0.143. The van der Waals surface area contributed by atoms with Gasteiger partial charge in [0.25, 0.3) is 6.43 Å². The van der Waals surface area contributed by atoms with Crippen molar-refractivity contribution in [3.8, 4) is 5.95 Å². The minimum absolute atomic E-state index is 0.00732. The van der Waals surface area contributed by atoms with Crippen LogP contribution in [0.1, 0.15) is 37.9 Å². The number of Topliss-reactive ketones (excluding diaryl/α,β-unsaturated/α-hetero) is 1. The number of amides is 1. The Hall–Kier alpha value is -3.74. The summed E-state index contributed by atoms with van der Waals surface area (Å²) in [6.45, 7) is 3.02. The number of carbonyl (C=O) groups excluding carboxylic acids is 2. The van der Waals surface area contributed by atoms with Crippen LogP contribution in [0.25, 0.3) is 17.0 Å². The van der Waals surface area contributed by atoms with E-state index in [0.29, 0.717) is 69.2 Å². The monoisotopic (exact) mass is 526 g/mol. The molecule has 1 aliphatic carbocycles. The van der Waals surface area contributed by atoms with Gasteiger partial charge in [0.05, 0.1) is 30.3 Å². The van der Waals surface area contributed by atoms with Crippen LogP contribution in [0.4, 0.5) is 20.7 Å². The molecular weight excluding hydrogens is 498 g/mol. The summed E-state index contributed by atoms with van der Waals surface area (Å²) >= 11 is 0. The predicted octanol–water partition coefficient (Wildman–Crippen LogP) is 2.37. The highest BCUT2D eigenvalue weighted by Crippen LogP contribution is 2.29. The molecule has 3 aliphatic rings. The summed E-state index contributed by atoms with van der Waals surface area (Å²) in [5.74, 6) is 0.100. The second-order valence-electron chi connectivity index (χ2n) is 9.87. The second kappa shape index (κ2) is 10.2. The zero-order valence-electron chi connectivity index (χ0n) is 20.7. The molecule has 2 aliphatic heterocycles. The number of fused-ring (bicyclic) bond motifs is 1. The number of aromatic nitrogens is 5. The first kappa shape index (κ1) is 24.6. The number of benzene rings is 1. The first-order valence-electron chi connectivity index (χ1n) is 12.9. The van der Waals surface area contributed by atoms with E-state index in [1.165, 1.54) is 4.57 Å². The number of morpholine rings is 1. The number of alkyl halides is 2. The molecule has 1 aromatic carbocycles. The van der Waals surface area contributed by atoms with Gasteiger partial charge in [-0.3, -0.25) is 14.2 Å². The molecule has 2 saturated heterocycles. The number of nitrogens with zero attached hydrogens (tertiary/aromatic N) is 7. The number of para-hydroxylation sites is 2. The number of likely N-dealkylation sites (tertiary alicyclic amines) is 1. The van der Waals surface area contributed by atoms with Crippen LogP contribution in [-0.4, -0.2) is 86.5 Å². The fraction of sp³-hybridized carbons (Fsp3) is 0.520. The van der Waals surface area contributed by atoms with E-state index in [0.717, 1.165) is 12.8 Å². The normalized spacial score (nSPS) is 20.7. The van der Waals surface area contributed by atoms with Gasteiger partial charge in [0.1, 0.15) is 5.78 Å². The smallest absolute Gasteiger partial charge is 0.296 e. The lowest BCUT2D eigenvalue weighted by Crippen LogP contribution is -2.58. The Balaban J connectivity index is 1.27. The number of hydrogen-bond acceptors (Lipinski definition) is 9. The van der Waals surface area contributed by atoms with Crippen molar-refractivity contribution in [3.63, 3.8) is 0 Å². The van der Waals surface area contributed by atoms with Crippen molar-refractivity contribution in [1.29, 1.82) is 0 Å². The van der Waals surface area contributed by atoms with Crippen LogP contribution < -0.4 is 10.2 Å². The molecule has 0 spiro atoms. The number of rotatable bonds is 6. The van der Waals surface area contributed by atoms with Crippen LogP contribution in [0.3, 0.4) is 0 Å². The number of nitrogens with one attached hydrogen (secondary N) is 1. The van der Waals surface area contributed by atoms with E-state index in [4.69, 9.17) is 4.74 Å². The highest BCUT2D eigenvalue weighted by Gasteiger charge is 2.37. The first-order valence-corrected chi connectivity index (χ1v) is 12.9. The van der Waals surface area contributed by atoms with Crippen molar-refractivity contribution >= 4 is 34.6 Å². The zero-order valence-corrected chi connectivity index (χ0v) is 20.7. The SMILES string of the molecule is O=C1CCCC(C(=O)N2CC(Nc3nc(N4CCOCC4)nc(-n4c(C(F)F)nc5ccccc54)n3)C2)C1. The van der Waals surface area contributed by atoms with Gasteiger partial charge >= 0.3 is 0 Å². The highest BCUT2D eigenvalue weighted by molar-refractivity contribution is 5.88. The van der Waals surface area contributed by atoms with Gasteiger partial charge in [-0.2, -0.15) is 15.0 Å². The number of halogens is 2. The number of hydrogen-bond donors (Lipinski definition) is 1. The van der Waals surface area contributed by atoms with Crippen LogP contribution in [-0.2, 0) is 14.3 Å². The Morgan fingerprint density at radius 3 is 2.58 bits per heavy atom. The number of carbonyl (C=O) groups is 2. The van der Waals surface area contributed by atoms with Crippen molar-refractivity contribution in [3.05, 3.63) is 30.1 Å². The maximum Gasteiger partial charge on any atom is 0.296 e. The van der Waals surface area contributed by atoms with E-state index in [1.54, 1.807) is 29.2 Å². The lowest BCUT2D eigenvalue weighted by Gasteiger charge is -2.41. The fourth-order valence-electron chi connectivity index (χ4n) is 5.25. The minimum Gasteiger partial charge on any atom is -0.378 e.